The second-order valence-corrected chi connectivity index (χ2v) is 40.8. The van der Waals surface area contributed by atoms with Gasteiger partial charge in [0.05, 0.1) is 0 Å². The highest BCUT2D eigenvalue weighted by molar-refractivity contribution is 9.11. The second kappa shape index (κ2) is 37.3. The van der Waals surface area contributed by atoms with Gasteiger partial charge in [0.15, 0.2) is 8.07 Å². The fourth-order valence-corrected chi connectivity index (χ4v) is 27.5. The number of hydrogen-bond acceptors (Lipinski definition) is 0. The van der Waals surface area contributed by atoms with Crippen LogP contribution in [0.15, 0.2) is 163 Å². The van der Waals surface area contributed by atoms with Crippen LogP contribution in [-0.2, 0) is 21.7 Å². The van der Waals surface area contributed by atoms with Gasteiger partial charge in [0.1, 0.15) is 0 Å². The van der Waals surface area contributed by atoms with E-state index in [1.807, 2.05) is 0 Å². The Labute approximate surface area is 673 Å². The number of fused-ring (bicyclic) bond motifs is 12. The number of rotatable bonds is 44. The quantitative estimate of drug-likeness (QED) is 0.0203. The van der Waals surface area contributed by atoms with Gasteiger partial charge in [0, 0.05) is 39.6 Å². The molecule has 0 unspecified atom stereocenters. The van der Waals surface area contributed by atoms with E-state index >= 15 is 0 Å². The first kappa shape index (κ1) is 80.4. The molecule has 0 radical (unpaired) electrons. The average molecular weight is 1680 g/mol. The SMILES string of the molecule is CCCCCCC1(CCCCCC)c2cc(Br)ccc2-c2ccc([Si](c3ccc4c(c3)C(CCCCCC)(CCCCCC)c3cc(Br)ccc3-4)(c3ccc4c(c3)C(CCCCCC)(CCCCCC)c3cc(Br)ccc3-4)c3ccc4c(c3)C(CCCCCC)(CCCCCC)c3cc(Br)ccc3-4)cc21. The van der Waals surface area contributed by atoms with Crippen LogP contribution in [0.4, 0.5) is 0 Å². The molecule has 4 aliphatic rings. The molecule has 0 aromatic heterocycles. The standard InChI is InChI=1S/C100H128Br4Si/c1-9-17-25-33-57-97(58-34-26-18-10-2)89-65-73(101)41-49-81(89)85-53-45-77(69-93(85)97)105(78-46-54-86-82-50-42-74(102)66-90(82)98(94(86)70-78,59-35-27-19-11-3)60-36-28-20-12-4,79-47-55-87-83-51-43-75(103)67-91(83)99(95(87)71-79,61-37-29-21-13-5)62-38-30-22-14-6)80-48-56-88-84-52-44-76(104)68-92(84)100(96(88)72-80,63-39-31-23-15-7)64-40-32-24-16-8/h41-56,65-72H,9-40,57-64H2,1-8H3. The van der Waals surface area contributed by atoms with Gasteiger partial charge in [-0.3, -0.25) is 0 Å². The Morgan fingerprint density at radius 1 is 0.190 bits per heavy atom. The summed E-state index contributed by atoms with van der Waals surface area (Å²) in [5.41, 5.74) is 24.0. The van der Waals surface area contributed by atoms with Crippen LogP contribution in [0.5, 0.6) is 0 Å². The average Bonchev–Trinajstić information content (AvgIpc) is 1.58. The van der Waals surface area contributed by atoms with E-state index < -0.39 is 8.07 Å². The fourth-order valence-electron chi connectivity index (χ4n) is 21.3. The molecule has 0 saturated carbocycles. The van der Waals surface area contributed by atoms with Gasteiger partial charge < -0.3 is 0 Å². The molecule has 560 valence electrons. The van der Waals surface area contributed by atoms with Gasteiger partial charge in [-0.25, -0.2) is 0 Å². The summed E-state index contributed by atoms with van der Waals surface area (Å²) in [7, 11) is -3.57. The van der Waals surface area contributed by atoms with Gasteiger partial charge in [-0.2, -0.15) is 0 Å². The van der Waals surface area contributed by atoms with Gasteiger partial charge in [-0.1, -0.05) is 422 Å². The molecule has 0 aliphatic heterocycles. The van der Waals surface area contributed by atoms with Gasteiger partial charge >= 0.3 is 0 Å². The number of halogens is 4. The Bertz CT molecular complexity index is 3620. The minimum Gasteiger partial charge on any atom is -0.0654 e. The lowest BCUT2D eigenvalue weighted by Gasteiger charge is -2.40. The first-order chi connectivity index (χ1) is 51.3. The maximum Gasteiger partial charge on any atom is 0.179 e. The van der Waals surface area contributed by atoms with Crippen LogP contribution in [0.1, 0.15) is 357 Å². The van der Waals surface area contributed by atoms with Crippen molar-refractivity contribution < 1.29 is 0 Å². The maximum absolute atomic E-state index is 4.17. The lowest BCUT2D eigenvalue weighted by atomic mass is 9.70. The molecule has 105 heavy (non-hydrogen) atoms. The van der Waals surface area contributed by atoms with Crippen LogP contribution in [0.2, 0.25) is 0 Å². The van der Waals surface area contributed by atoms with Gasteiger partial charge in [0.25, 0.3) is 0 Å². The van der Waals surface area contributed by atoms with E-state index in [2.05, 4.69) is 265 Å². The van der Waals surface area contributed by atoms with Crippen LogP contribution in [0, 0.1) is 0 Å². The summed E-state index contributed by atoms with van der Waals surface area (Å²) in [5, 5.41) is 6.27. The van der Waals surface area contributed by atoms with Crippen molar-refractivity contribution in [3.8, 4) is 44.5 Å². The minimum atomic E-state index is -3.57. The molecule has 0 N–H and O–H groups in total. The summed E-state index contributed by atoms with van der Waals surface area (Å²) in [5.74, 6) is 0. The summed E-state index contributed by atoms with van der Waals surface area (Å²) >= 11 is 16.7. The zero-order valence-corrected chi connectivity index (χ0v) is 73.5. The Hall–Kier alpha value is -4.10. The zero-order chi connectivity index (χ0) is 73.6. The van der Waals surface area contributed by atoms with Crippen molar-refractivity contribution in [2.75, 3.05) is 0 Å². The van der Waals surface area contributed by atoms with Gasteiger partial charge in [-0.15, -0.1) is 0 Å². The second-order valence-electron chi connectivity index (χ2n) is 33.4. The molecule has 0 saturated heterocycles. The normalized spacial score (nSPS) is 15.0. The van der Waals surface area contributed by atoms with Crippen molar-refractivity contribution in [1.82, 2.24) is 0 Å². The fraction of sp³-hybridized carbons (Fsp3) is 0.520. The molecule has 0 amide bonds. The monoisotopic (exact) mass is 1670 g/mol. The van der Waals surface area contributed by atoms with Crippen molar-refractivity contribution in [2.24, 2.45) is 0 Å². The van der Waals surface area contributed by atoms with Crippen molar-refractivity contribution in [3.05, 3.63) is 208 Å². The first-order valence-corrected chi connectivity index (χ1v) is 48.3. The molecule has 0 spiro atoms. The third kappa shape index (κ3) is 16.1. The van der Waals surface area contributed by atoms with E-state index in [9.17, 15) is 0 Å². The van der Waals surface area contributed by atoms with Crippen molar-refractivity contribution in [1.29, 1.82) is 0 Å². The number of hydrogen-bond donors (Lipinski definition) is 0. The van der Waals surface area contributed by atoms with Gasteiger partial charge in [-0.05, 0) is 210 Å². The number of benzene rings is 8. The molecular weight excluding hydrogens is 1550 g/mol. The molecular formula is C100H128Br4Si. The van der Waals surface area contributed by atoms with E-state index in [1.54, 1.807) is 65.3 Å². The molecule has 0 heterocycles. The first-order valence-electron chi connectivity index (χ1n) is 43.1. The van der Waals surface area contributed by atoms with E-state index in [0.29, 0.717) is 0 Å². The summed E-state index contributed by atoms with van der Waals surface area (Å²) in [6.45, 7) is 19.2. The van der Waals surface area contributed by atoms with Crippen LogP contribution in [0.25, 0.3) is 44.5 Å². The summed E-state index contributed by atoms with van der Waals surface area (Å²) in [6.07, 6.45) is 49.7. The third-order valence-corrected chi connectivity index (χ3v) is 33.4. The highest BCUT2D eigenvalue weighted by Crippen LogP contribution is 2.60. The molecule has 12 rings (SSSR count). The van der Waals surface area contributed by atoms with Gasteiger partial charge in [0.2, 0.25) is 0 Å². The smallest absolute Gasteiger partial charge is 0.0654 e. The molecule has 8 aromatic carbocycles. The van der Waals surface area contributed by atoms with Crippen molar-refractivity contribution in [3.63, 3.8) is 0 Å². The summed E-state index contributed by atoms with van der Waals surface area (Å²) in [4.78, 5) is 0. The Morgan fingerprint density at radius 2 is 0.343 bits per heavy atom. The van der Waals surface area contributed by atoms with Crippen molar-refractivity contribution >= 4 is 92.5 Å². The summed E-state index contributed by atoms with van der Waals surface area (Å²) < 4.78 is 4.84. The molecule has 5 heteroatoms. The van der Waals surface area contributed by atoms with Crippen LogP contribution in [0.3, 0.4) is 0 Å². The molecule has 4 aliphatic carbocycles. The van der Waals surface area contributed by atoms with Crippen LogP contribution < -0.4 is 20.7 Å². The zero-order valence-electron chi connectivity index (χ0n) is 66.2. The van der Waals surface area contributed by atoms with Crippen molar-refractivity contribution in [2.45, 2.75) is 334 Å². The highest BCUT2D eigenvalue weighted by Gasteiger charge is 2.53. The van der Waals surface area contributed by atoms with Crippen LogP contribution >= 0.6 is 63.7 Å². The predicted molar refractivity (Wildman–Crippen MR) is 476 cm³/mol. The topological polar surface area (TPSA) is 0 Å². The lowest BCUT2D eigenvalue weighted by Crippen LogP contribution is -2.75. The Kier molecular flexibility index (Phi) is 28.5. The molecule has 0 atom stereocenters. The Morgan fingerprint density at radius 3 is 0.505 bits per heavy atom. The predicted octanol–water partition coefficient (Wildman–Crippen LogP) is 30.9. The maximum atomic E-state index is 4.17. The molecule has 0 bridgehead atoms. The minimum absolute atomic E-state index is 0.122. The van der Waals surface area contributed by atoms with E-state index in [0.717, 1.165) is 0 Å². The van der Waals surface area contributed by atoms with E-state index in [1.165, 1.54) is 319 Å². The third-order valence-electron chi connectivity index (χ3n) is 26.7. The number of unbranched alkanes of at least 4 members (excludes halogenated alkanes) is 24. The molecule has 0 nitrogen and oxygen atoms in total. The molecule has 8 aromatic rings. The van der Waals surface area contributed by atoms with E-state index in [-0.39, 0.29) is 21.7 Å². The highest BCUT2D eigenvalue weighted by atomic mass is 79.9. The molecule has 0 fully saturated rings. The summed E-state index contributed by atoms with van der Waals surface area (Å²) in [6, 6.07) is 63.6. The van der Waals surface area contributed by atoms with E-state index in [4.69, 9.17) is 0 Å². The Balaban J connectivity index is 1.25. The largest absolute Gasteiger partial charge is 0.179 e. The van der Waals surface area contributed by atoms with Crippen LogP contribution in [-0.4, -0.2) is 8.07 Å². The lowest BCUT2D eigenvalue weighted by molar-refractivity contribution is 0.401.